The van der Waals surface area contributed by atoms with Crippen molar-refractivity contribution in [1.29, 1.82) is 5.26 Å². The van der Waals surface area contributed by atoms with Crippen LogP contribution >= 0.6 is 11.6 Å². The van der Waals surface area contributed by atoms with Gasteiger partial charge in [-0.3, -0.25) is 4.79 Å². The molecule has 0 aliphatic heterocycles. The molecule has 35 heavy (non-hydrogen) atoms. The van der Waals surface area contributed by atoms with Gasteiger partial charge in [-0.2, -0.15) is 5.26 Å². The third-order valence-corrected chi connectivity index (χ3v) is 5.27. The van der Waals surface area contributed by atoms with Gasteiger partial charge in [-0.25, -0.2) is 0 Å². The van der Waals surface area contributed by atoms with Crippen molar-refractivity contribution >= 4 is 29.3 Å². The highest BCUT2D eigenvalue weighted by atomic mass is 35.5. The highest BCUT2D eigenvalue weighted by Gasteiger charge is 2.15. The van der Waals surface area contributed by atoms with Crippen molar-refractivity contribution in [3.8, 4) is 23.3 Å². The van der Waals surface area contributed by atoms with Gasteiger partial charge < -0.3 is 19.5 Å². The van der Waals surface area contributed by atoms with Crippen LogP contribution in [0, 0.1) is 11.3 Å². The molecule has 3 aromatic rings. The predicted octanol–water partition coefficient (Wildman–Crippen LogP) is 6.21. The van der Waals surface area contributed by atoms with E-state index in [0.717, 1.165) is 11.1 Å². The number of carbonyl (C=O) groups excluding carboxylic acids is 1. The molecule has 3 aromatic carbocycles. The van der Waals surface area contributed by atoms with E-state index >= 15 is 0 Å². The maximum atomic E-state index is 12.7. The van der Waals surface area contributed by atoms with Crippen molar-refractivity contribution in [2.45, 2.75) is 13.0 Å². The summed E-state index contributed by atoms with van der Waals surface area (Å²) in [6.45, 7) is 4.12. The zero-order valence-corrected chi connectivity index (χ0v) is 20.3. The zero-order valence-electron chi connectivity index (χ0n) is 19.5. The lowest BCUT2D eigenvalue weighted by atomic mass is 10.0. The summed E-state index contributed by atoms with van der Waals surface area (Å²) in [6, 6.07) is 19.8. The van der Waals surface area contributed by atoms with Crippen LogP contribution in [-0.2, 0) is 17.8 Å². The highest BCUT2D eigenvalue weighted by molar-refractivity contribution is 6.30. The van der Waals surface area contributed by atoms with E-state index in [2.05, 4.69) is 11.9 Å². The fourth-order valence-corrected chi connectivity index (χ4v) is 3.57. The molecule has 0 aliphatic carbocycles. The van der Waals surface area contributed by atoms with Gasteiger partial charge in [-0.15, -0.1) is 6.58 Å². The Morgan fingerprint density at radius 2 is 1.89 bits per heavy atom. The Morgan fingerprint density at radius 3 is 2.51 bits per heavy atom. The van der Waals surface area contributed by atoms with Crippen LogP contribution in [0.1, 0.15) is 16.7 Å². The summed E-state index contributed by atoms with van der Waals surface area (Å²) >= 11 is 6.07. The number of methoxy groups -OCH3 is 2. The highest BCUT2D eigenvalue weighted by Crippen LogP contribution is 2.35. The Hall–Kier alpha value is -4.21. The summed E-state index contributed by atoms with van der Waals surface area (Å²) in [7, 11) is 3.10. The molecule has 0 unspecified atom stereocenters. The van der Waals surface area contributed by atoms with E-state index in [4.69, 9.17) is 25.8 Å². The van der Waals surface area contributed by atoms with Crippen molar-refractivity contribution in [2.75, 3.05) is 19.5 Å². The van der Waals surface area contributed by atoms with Crippen molar-refractivity contribution in [3.63, 3.8) is 0 Å². The van der Waals surface area contributed by atoms with Gasteiger partial charge in [0, 0.05) is 16.3 Å². The number of nitrogens with zero attached hydrogens (tertiary/aromatic N) is 1. The molecule has 1 amide bonds. The first-order valence-corrected chi connectivity index (χ1v) is 11.1. The van der Waals surface area contributed by atoms with Gasteiger partial charge in [0.1, 0.15) is 24.0 Å². The Morgan fingerprint density at radius 1 is 1.11 bits per heavy atom. The number of allylic oxidation sites excluding steroid dienone is 1. The minimum absolute atomic E-state index is 0.0555. The van der Waals surface area contributed by atoms with E-state index in [9.17, 15) is 10.1 Å². The van der Waals surface area contributed by atoms with Gasteiger partial charge in [0.15, 0.2) is 11.5 Å². The largest absolute Gasteiger partial charge is 0.497 e. The van der Waals surface area contributed by atoms with E-state index in [1.807, 2.05) is 30.3 Å². The fraction of sp³-hybridized carbons (Fsp3) is 0.143. The fourth-order valence-electron chi connectivity index (χ4n) is 3.36. The average molecular weight is 489 g/mol. The molecule has 3 rings (SSSR count). The number of benzene rings is 3. The van der Waals surface area contributed by atoms with Crippen LogP contribution < -0.4 is 19.5 Å². The van der Waals surface area contributed by atoms with Crippen molar-refractivity contribution < 1.29 is 19.0 Å². The molecule has 178 valence electrons. The monoisotopic (exact) mass is 488 g/mol. The topological polar surface area (TPSA) is 80.6 Å². The van der Waals surface area contributed by atoms with E-state index < -0.39 is 5.91 Å². The third-order valence-electron chi connectivity index (χ3n) is 5.03. The standard InChI is InChI=1S/C28H25ClN2O4/c1-4-6-21-13-20(14-22(17-30)28(32)31-24-9-11-25(33-2)12-10-24)16-26(34-3)27(21)35-18-19-7-5-8-23(29)15-19/h4-5,7-16H,1,6,18H2,2-3H3,(H,31,32)/b22-14+. The van der Waals surface area contributed by atoms with Crippen LogP contribution in [-0.4, -0.2) is 20.1 Å². The molecule has 0 atom stereocenters. The SMILES string of the molecule is C=CCc1cc(/C=C(\C#N)C(=O)Nc2ccc(OC)cc2)cc(OC)c1OCc1cccc(Cl)c1. The molecule has 0 aliphatic rings. The van der Waals surface area contributed by atoms with E-state index in [1.165, 1.54) is 13.2 Å². The maximum absolute atomic E-state index is 12.7. The van der Waals surface area contributed by atoms with Gasteiger partial charge in [-0.1, -0.05) is 29.8 Å². The van der Waals surface area contributed by atoms with Crippen LogP contribution in [0.2, 0.25) is 5.02 Å². The molecule has 7 heteroatoms. The Balaban J connectivity index is 1.87. The summed E-state index contributed by atoms with van der Waals surface area (Å²) in [5.74, 6) is 1.18. The first-order valence-electron chi connectivity index (χ1n) is 10.7. The number of hydrogen-bond donors (Lipinski definition) is 1. The molecular formula is C28H25ClN2O4. The van der Waals surface area contributed by atoms with Crippen LogP contribution in [0.3, 0.4) is 0 Å². The van der Waals surface area contributed by atoms with Crippen LogP contribution in [0.25, 0.3) is 6.08 Å². The second kappa shape index (κ2) is 12.3. The number of nitrogens with one attached hydrogen (secondary N) is 1. The zero-order chi connectivity index (χ0) is 25.2. The van der Waals surface area contributed by atoms with Crippen LogP contribution in [0.5, 0.6) is 17.2 Å². The lowest BCUT2D eigenvalue weighted by molar-refractivity contribution is -0.112. The number of hydrogen-bond acceptors (Lipinski definition) is 5. The minimum Gasteiger partial charge on any atom is -0.497 e. The Bertz CT molecular complexity index is 1280. The summed E-state index contributed by atoms with van der Waals surface area (Å²) in [4.78, 5) is 12.7. The molecule has 0 spiro atoms. The first-order chi connectivity index (χ1) is 17.0. The molecule has 0 bridgehead atoms. The quantitative estimate of drug-likeness (QED) is 0.208. The maximum Gasteiger partial charge on any atom is 0.266 e. The number of carbonyl (C=O) groups is 1. The predicted molar refractivity (Wildman–Crippen MR) is 138 cm³/mol. The van der Waals surface area contributed by atoms with E-state index in [1.54, 1.807) is 49.6 Å². The Kier molecular flexibility index (Phi) is 8.94. The molecular weight excluding hydrogens is 464 g/mol. The number of ether oxygens (including phenoxy) is 3. The second-order valence-corrected chi connectivity index (χ2v) is 7.91. The van der Waals surface area contributed by atoms with Gasteiger partial charge >= 0.3 is 0 Å². The number of amides is 1. The normalized spacial score (nSPS) is 10.7. The summed E-state index contributed by atoms with van der Waals surface area (Å²) in [5, 5.41) is 13.0. The molecule has 1 N–H and O–H groups in total. The Labute approximate surface area is 210 Å². The van der Waals surface area contributed by atoms with E-state index in [-0.39, 0.29) is 5.57 Å². The van der Waals surface area contributed by atoms with Crippen molar-refractivity contribution in [2.24, 2.45) is 0 Å². The van der Waals surface area contributed by atoms with E-state index in [0.29, 0.717) is 46.5 Å². The van der Waals surface area contributed by atoms with Gasteiger partial charge in [0.25, 0.3) is 5.91 Å². The summed E-state index contributed by atoms with van der Waals surface area (Å²) < 4.78 is 16.8. The third kappa shape index (κ3) is 6.89. The summed E-state index contributed by atoms with van der Waals surface area (Å²) in [5.41, 5.74) is 2.83. The molecule has 0 saturated heterocycles. The number of nitriles is 1. The molecule has 0 heterocycles. The van der Waals surface area contributed by atoms with Crippen LogP contribution in [0.15, 0.2) is 78.9 Å². The number of anilines is 1. The lowest BCUT2D eigenvalue weighted by Crippen LogP contribution is -2.13. The van der Waals surface area contributed by atoms with Gasteiger partial charge in [0.2, 0.25) is 0 Å². The molecule has 0 saturated carbocycles. The summed E-state index contributed by atoms with van der Waals surface area (Å²) in [6.07, 6.45) is 3.76. The molecule has 0 aromatic heterocycles. The van der Waals surface area contributed by atoms with Gasteiger partial charge in [0.05, 0.1) is 14.2 Å². The second-order valence-electron chi connectivity index (χ2n) is 7.48. The lowest BCUT2D eigenvalue weighted by Gasteiger charge is -2.16. The smallest absolute Gasteiger partial charge is 0.266 e. The van der Waals surface area contributed by atoms with Crippen molar-refractivity contribution in [3.05, 3.63) is 101 Å². The minimum atomic E-state index is -0.525. The number of rotatable bonds is 10. The molecule has 6 nitrogen and oxygen atoms in total. The average Bonchev–Trinajstić information content (AvgIpc) is 2.87. The molecule has 0 fully saturated rings. The van der Waals surface area contributed by atoms with Gasteiger partial charge in [-0.05, 0) is 72.2 Å². The van der Waals surface area contributed by atoms with Crippen molar-refractivity contribution in [1.82, 2.24) is 0 Å². The van der Waals surface area contributed by atoms with Crippen LogP contribution in [0.4, 0.5) is 5.69 Å². The number of halogens is 1. The molecule has 0 radical (unpaired) electrons. The first kappa shape index (κ1) is 25.4.